The minimum absolute atomic E-state index is 0.0228. The molecule has 9 nitrogen and oxygen atoms in total. The van der Waals surface area contributed by atoms with Crippen LogP contribution >= 0.6 is 11.6 Å². The second-order valence-electron chi connectivity index (χ2n) is 7.21. The summed E-state index contributed by atoms with van der Waals surface area (Å²) in [5.41, 5.74) is 2.75. The molecule has 2 aromatic carbocycles. The highest BCUT2D eigenvalue weighted by Gasteiger charge is 2.19. The molecule has 2 N–H and O–H groups in total. The number of fused-ring (bicyclic) bond motifs is 1. The molecule has 0 unspecified atom stereocenters. The van der Waals surface area contributed by atoms with Gasteiger partial charge in [0.05, 0.1) is 22.7 Å². The summed E-state index contributed by atoms with van der Waals surface area (Å²) < 4.78 is 32.8. The monoisotopic (exact) mass is 497 g/mol. The summed E-state index contributed by atoms with van der Waals surface area (Å²) in [5.74, 6) is -0.567. The number of aromatic nitrogens is 3. The van der Waals surface area contributed by atoms with Gasteiger partial charge in [-0.15, -0.1) is 0 Å². The number of rotatable bonds is 7. The maximum absolute atomic E-state index is 12.6. The SMILES string of the molecule is CCOC(=O)c1cnc2c(C)cc(Cl)cc2c1Nc1ccc(S(=O)(=O)Nc2ncccn2)cc1. The van der Waals surface area contributed by atoms with Crippen molar-refractivity contribution in [1.29, 1.82) is 0 Å². The van der Waals surface area contributed by atoms with Crippen LogP contribution in [0.15, 0.2) is 66.0 Å². The first-order valence-electron chi connectivity index (χ1n) is 10.2. The predicted molar refractivity (Wildman–Crippen MR) is 130 cm³/mol. The summed E-state index contributed by atoms with van der Waals surface area (Å²) in [6, 6.07) is 11.1. The van der Waals surface area contributed by atoms with E-state index >= 15 is 0 Å². The Kier molecular flexibility index (Phi) is 6.62. The molecule has 0 radical (unpaired) electrons. The van der Waals surface area contributed by atoms with Gasteiger partial charge in [-0.25, -0.2) is 27.9 Å². The number of carbonyl (C=O) groups is 1. The largest absolute Gasteiger partial charge is 0.462 e. The average molecular weight is 498 g/mol. The Balaban J connectivity index is 1.70. The van der Waals surface area contributed by atoms with Crippen molar-refractivity contribution in [3.63, 3.8) is 0 Å². The lowest BCUT2D eigenvalue weighted by Gasteiger charge is -2.16. The third-order valence-electron chi connectivity index (χ3n) is 4.85. The summed E-state index contributed by atoms with van der Waals surface area (Å²) in [7, 11) is -3.88. The molecule has 4 rings (SSSR count). The number of anilines is 3. The summed E-state index contributed by atoms with van der Waals surface area (Å²) in [6.45, 7) is 3.79. The molecular weight excluding hydrogens is 478 g/mol. The molecular formula is C23H20ClN5O4S. The van der Waals surface area contributed by atoms with Crippen molar-refractivity contribution in [3.05, 3.63) is 77.2 Å². The molecule has 34 heavy (non-hydrogen) atoms. The van der Waals surface area contributed by atoms with E-state index in [1.165, 1.54) is 30.7 Å². The molecule has 4 aromatic rings. The molecule has 0 spiro atoms. The molecule has 0 aliphatic rings. The molecule has 0 aliphatic carbocycles. The van der Waals surface area contributed by atoms with Crippen molar-refractivity contribution in [1.82, 2.24) is 15.0 Å². The van der Waals surface area contributed by atoms with Gasteiger partial charge in [0.25, 0.3) is 10.0 Å². The molecule has 0 bridgehead atoms. The quantitative estimate of drug-likeness (QED) is 0.352. The third-order valence-corrected chi connectivity index (χ3v) is 6.41. The number of nitrogens with one attached hydrogen (secondary N) is 2. The van der Waals surface area contributed by atoms with Gasteiger partial charge in [-0.1, -0.05) is 11.6 Å². The van der Waals surface area contributed by atoms with E-state index in [2.05, 4.69) is 25.0 Å². The normalized spacial score (nSPS) is 11.3. The number of sulfonamides is 1. The van der Waals surface area contributed by atoms with Gasteiger partial charge in [-0.2, -0.15) is 0 Å². The number of benzene rings is 2. The van der Waals surface area contributed by atoms with Crippen molar-refractivity contribution in [3.8, 4) is 0 Å². The van der Waals surface area contributed by atoms with Gasteiger partial charge in [0.15, 0.2) is 0 Å². The standard InChI is InChI=1S/C23H20ClN5O4S/c1-3-33-22(30)19-13-27-20-14(2)11-15(24)12-18(20)21(19)28-16-5-7-17(8-6-16)34(31,32)29-23-25-9-4-10-26-23/h4-13H,3H2,1-2H3,(H,27,28)(H,25,26,29). The van der Waals surface area contributed by atoms with Crippen LogP contribution in [0.2, 0.25) is 5.02 Å². The fraction of sp³-hybridized carbons (Fsp3) is 0.130. The summed E-state index contributed by atoms with van der Waals surface area (Å²) in [6.07, 6.45) is 4.32. The van der Waals surface area contributed by atoms with Crippen LogP contribution in [-0.2, 0) is 14.8 Å². The lowest BCUT2D eigenvalue weighted by Crippen LogP contribution is -2.14. The molecule has 174 valence electrons. The number of carbonyl (C=O) groups excluding carboxylic acids is 1. The van der Waals surface area contributed by atoms with Crippen molar-refractivity contribution < 1.29 is 17.9 Å². The third kappa shape index (κ3) is 4.92. The zero-order valence-electron chi connectivity index (χ0n) is 18.2. The average Bonchev–Trinajstić information content (AvgIpc) is 2.80. The van der Waals surface area contributed by atoms with Crippen molar-refractivity contribution in [2.24, 2.45) is 0 Å². The zero-order valence-corrected chi connectivity index (χ0v) is 19.8. The highest BCUT2D eigenvalue weighted by molar-refractivity contribution is 7.92. The van der Waals surface area contributed by atoms with Crippen molar-refractivity contribution in [2.45, 2.75) is 18.7 Å². The zero-order chi connectivity index (χ0) is 24.3. The summed E-state index contributed by atoms with van der Waals surface area (Å²) in [4.78, 5) is 24.8. The number of nitrogens with zero attached hydrogens (tertiary/aromatic N) is 3. The van der Waals surface area contributed by atoms with Gasteiger partial charge < -0.3 is 10.1 Å². The lowest BCUT2D eigenvalue weighted by molar-refractivity contribution is 0.0527. The Bertz CT molecular complexity index is 1460. The Hall–Kier alpha value is -3.76. The first-order chi connectivity index (χ1) is 16.3. The lowest BCUT2D eigenvalue weighted by atomic mass is 10.1. The van der Waals surface area contributed by atoms with Crippen molar-refractivity contribution >= 4 is 55.8 Å². The maximum Gasteiger partial charge on any atom is 0.341 e. The van der Waals surface area contributed by atoms with E-state index in [0.717, 1.165) is 5.56 Å². The molecule has 0 saturated carbocycles. The number of aryl methyl sites for hydroxylation is 1. The molecule has 0 amide bonds. The molecule has 0 aliphatic heterocycles. The summed E-state index contributed by atoms with van der Waals surface area (Å²) >= 11 is 6.27. The van der Waals surface area contributed by atoms with Crippen LogP contribution in [0, 0.1) is 6.92 Å². The van der Waals surface area contributed by atoms with Gasteiger partial charge in [-0.3, -0.25) is 4.98 Å². The van der Waals surface area contributed by atoms with Gasteiger partial charge >= 0.3 is 5.97 Å². The van der Waals surface area contributed by atoms with E-state index in [1.54, 1.807) is 37.3 Å². The highest BCUT2D eigenvalue weighted by Crippen LogP contribution is 2.33. The fourth-order valence-corrected chi connectivity index (χ4v) is 4.56. The smallest absolute Gasteiger partial charge is 0.341 e. The van der Waals surface area contributed by atoms with E-state index in [1.807, 2.05) is 6.92 Å². The highest BCUT2D eigenvalue weighted by atomic mass is 35.5. The van der Waals surface area contributed by atoms with Gasteiger partial charge in [0.2, 0.25) is 5.95 Å². The predicted octanol–water partition coefficient (Wildman–Crippen LogP) is 4.71. The molecule has 2 aromatic heterocycles. The Labute approximate surface area is 201 Å². The number of hydrogen-bond acceptors (Lipinski definition) is 8. The van der Waals surface area contributed by atoms with Crippen LogP contribution in [-0.4, -0.2) is 35.9 Å². The van der Waals surface area contributed by atoms with Crippen molar-refractivity contribution in [2.75, 3.05) is 16.6 Å². The van der Waals surface area contributed by atoms with Crippen LogP contribution in [0.4, 0.5) is 17.3 Å². The number of hydrogen-bond donors (Lipinski definition) is 2. The maximum atomic E-state index is 12.6. The van der Waals surface area contributed by atoms with E-state index in [-0.39, 0.29) is 23.0 Å². The van der Waals surface area contributed by atoms with E-state index in [0.29, 0.717) is 27.3 Å². The molecule has 0 fully saturated rings. The Morgan fingerprint density at radius 2 is 1.79 bits per heavy atom. The second kappa shape index (κ2) is 9.62. The van der Waals surface area contributed by atoms with Crippen LogP contribution in [0.1, 0.15) is 22.8 Å². The number of pyridine rings is 1. The number of halogens is 1. The molecule has 0 saturated heterocycles. The van der Waals surface area contributed by atoms with Crippen LogP contribution in [0.5, 0.6) is 0 Å². The minimum Gasteiger partial charge on any atom is -0.462 e. The van der Waals surface area contributed by atoms with E-state index in [9.17, 15) is 13.2 Å². The van der Waals surface area contributed by atoms with Gasteiger partial charge in [-0.05, 0) is 61.9 Å². The van der Waals surface area contributed by atoms with Crippen LogP contribution < -0.4 is 10.0 Å². The van der Waals surface area contributed by atoms with Gasteiger partial charge in [0.1, 0.15) is 5.56 Å². The Morgan fingerprint density at radius 1 is 1.09 bits per heavy atom. The fourth-order valence-electron chi connectivity index (χ4n) is 3.33. The van der Waals surface area contributed by atoms with E-state index < -0.39 is 16.0 Å². The van der Waals surface area contributed by atoms with E-state index in [4.69, 9.17) is 16.3 Å². The minimum atomic E-state index is -3.88. The second-order valence-corrected chi connectivity index (χ2v) is 9.33. The summed E-state index contributed by atoms with van der Waals surface area (Å²) in [5, 5.41) is 4.32. The molecule has 2 heterocycles. The molecule has 11 heteroatoms. The van der Waals surface area contributed by atoms with Crippen LogP contribution in [0.25, 0.3) is 10.9 Å². The number of esters is 1. The van der Waals surface area contributed by atoms with Gasteiger partial charge in [0, 0.05) is 34.7 Å². The first-order valence-corrected chi connectivity index (χ1v) is 12.1. The first kappa shape index (κ1) is 23.4. The Morgan fingerprint density at radius 3 is 2.47 bits per heavy atom. The topological polar surface area (TPSA) is 123 Å². The number of ether oxygens (including phenoxy) is 1. The molecule has 0 atom stereocenters. The van der Waals surface area contributed by atoms with Crippen LogP contribution in [0.3, 0.4) is 0 Å².